The van der Waals surface area contributed by atoms with Crippen molar-refractivity contribution >= 4 is 23.4 Å². The van der Waals surface area contributed by atoms with Gasteiger partial charge in [0, 0.05) is 25.1 Å². The first-order valence-electron chi connectivity index (χ1n) is 6.74. The van der Waals surface area contributed by atoms with Crippen molar-refractivity contribution in [2.45, 2.75) is 31.7 Å². The fourth-order valence-electron chi connectivity index (χ4n) is 1.58. The molecule has 2 nitrogen and oxygen atoms in total. The molecule has 0 saturated carbocycles. The summed E-state index contributed by atoms with van der Waals surface area (Å²) in [5, 5.41) is 4.18. The third-order valence-corrected chi connectivity index (χ3v) is 4.29. The van der Waals surface area contributed by atoms with E-state index in [4.69, 9.17) is 16.3 Å². The lowest BCUT2D eigenvalue weighted by molar-refractivity contribution is 0.199. The van der Waals surface area contributed by atoms with Gasteiger partial charge in [-0.3, -0.25) is 0 Å². The minimum atomic E-state index is 0.733. The van der Waals surface area contributed by atoms with E-state index in [1.54, 1.807) is 7.11 Å². The van der Waals surface area contributed by atoms with Gasteiger partial charge >= 0.3 is 0 Å². The zero-order valence-corrected chi connectivity index (χ0v) is 13.6. The van der Waals surface area contributed by atoms with E-state index in [1.165, 1.54) is 16.9 Å². The van der Waals surface area contributed by atoms with E-state index in [0.29, 0.717) is 0 Å². The molecule has 0 fully saturated rings. The second-order valence-electron chi connectivity index (χ2n) is 4.97. The van der Waals surface area contributed by atoms with Gasteiger partial charge in [0.2, 0.25) is 0 Å². The Hall–Kier alpha value is -0.220. The predicted molar refractivity (Wildman–Crippen MR) is 85.2 cm³/mol. The van der Waals surface area contributed by atoms with Gasteiger partial charge < -0.3 is 10.1 Å². The van der Waals surface area contributed by atoms with Crippen molar-refractivity contribution in [1.82, 2.24) is 5.32 Å². The molecule has 0 aliphatic rings. The molecule has 0 atom stereocenters. The number of thioether (sulfide) groups is 1. The van der Waals surface area contributed by atoms with Gasteiger partial charge in [-0.2, -0.15) is 0 Å². The van der Waals surface area contributed by atoms with Crippen LogP contribution in [0.25, 0.3) is 0 Å². The summed E-state index contributed by atoms with van der Waals surface area (Å²) in [4.78, 5) is 1.18. The number of benzene rings is 1. The summed E-state index contributed by atoms with van der Waals surface area (Å²) in [7, 11) is 1.71. The van der Waals surface area contributed by atoms with Crippen molar-refractivity contribution in [2.24, 2.45) is 5.92 Å². The zero-order valence-electron chi connectivity index (χ0n) is 12.0. The molecular formula is C15H24ClNOS. The van der Waals surface area contributed by atoms with Crippen molar-refractivity contribution in [2.75, 3.05) is 26.0 Å². The fourth-order valence-corrected chi connectivity index (χ4v) is 3.12. The van der Waals surface area contributed by atoms with E-state index in [1.807, 2.05) is 11.8 Å². The quantitative estimate of drug-likeness (QED) is 0.545. The molecule has 1 N–H and O–H groups in total. The van der Waals surface area contributed by atoms with Crippen LogP contribution in [0.3, 0.4) is 0 Å². The predicted octanol–water partition coefficient (Wildman–Crippen LogP) is 4.21. The molecular weight excluding hydrogens is 278 g/mol. The SMILES string of the molecule is COCCNCc1ccc(SCCC(C)C)c(Cl)c1. The van der Waals surface area contributed by atoms with Crippen LogP contribution in [0.15, 0.2) is 23.1 Å². The average molecular weight is 302 g/mol. The molecule has 1 rings (SSSR count). The zero-order chi connectivity index (χ0) is 14.1. The van der Waals surface area contributed by atoms with Crippen LogP contribution >= 0.6 is 23.4 Å². The van der Waals surface area contributed by atoms with Gasteiger partial charge in [-0.25, -0.2) is 0 Å². The molecule has 0 unspecified atom stereocenters. The minimum absolute atomic E-state index is 0.733. The van der Waals surface area contributed by atoms with Crippen LogP contribution in [0.1, 0.15) is 25.8 Å². The molecule has 0 radical (unpaired) electrons. The Morgan fingerprint density at radius 2 is 2.16 bits per heavy atom. The lowest BCUT2D eigenvalue weighted by Crippen LogP contribution is -2.18. The van der Waals surface area contributed by atoms with Crippen LogP contribution in [0, 0.1) is 5.92 Å². The first-order valence-corrected chi connectivity index (χ1v) is 8.10. The van der Waals surface area contributed by atoms with Crippen LogP contribution in [0.2, 0.25) is 5.02 Å². The van der Waals surface area contributed by atoms with Crippen molar-refractivity contribution in [1.29, 1.82) is 0 Å². The Morgan fingerprint density at radius 3 is 2.79 bits per heavy atom. The van der Waals surface area contributed by atoms with Crippen LogP contribution in [-0.4, -0.2) is 26.0 Å². The molecule has 0 heterocycles. The lowest BCUT2D eigenvalue weighted by Gasteiger charge is -2.09. The average Bonchev–Trinajstić information content (AvgIpc) is 2.37. The topological polar surface area (TPSA) is 21.3 Å². The molecule has 1 aromatic rings. The molecule has 0 aliphatic carbocycles. The van der Waals surface area contributed by atoms with Gasteiger partial charge in [0.05, 0.1) is 11.6 Å². The Labute approximate surface area is 126 Å². The van der Waals surface area contributed by atoms with E-state index in [9.17, 15) is 0 Å². The molecule has 0 aromatic heterocycles. The molecule has 1 aromatic carbocycles. The van der Waals surface area contributed by atoms with Gasteiger partial charge in [-0.05, 0) is 35.8 Å². The maximum atomic E-state index is 6.31. The van der Waals surface area contributed by atoms with Crippen molar-refractivity contribution in [3.63, 3.8) is 0 Å². The third-order valence-electron chi connectivity index (χ3n) is 2.76. The lowest BCUT2D eigenvalue weighted by atomic mass is 10.2. The van der Waals surface area contributed by atoms with Gasteiger partial charge in [0.15, 0.2) is 0 Å². The van der Waals surface area contributed by atoms with E-state index in [2.05, 4.69) is 37.4 Å². The van der Waals surface area contributed by atoms with Gasteiger partial charge in [-0.1, -0.05) is 31.5 Å². The maximum Gasteiger partial charge on any atom is 0.0587 e. The highest BCUT2D eigenvalue weighted by Gasteiger charge is 2.03. The first kappa shape index (κ1) is 16.8. The van der Waals surface area contributed by atoms with Crippen LogP contribution in [0.4, 0.5) is 0 Å². The van der Waals surface area contributed by atoms with Gasteiger partial charge in [0.1, 0.15) is 0 Å². The van der Waals surface area contributed by atoms with E-state index >= 15 is 0 Å². The second-order valence-corrected chi connectivity index (χ2v) is 6.51. The molecule has 0 amide bonds. The Bertz CT molecular complexity index is 371. The Morgan fingerprint density at radius 1 is 1.37 bits per heavy atom. The van der Waals surface area contributed by atoms with Crippen LogP contribution in [-0.2, 0) is 11.3 Å². The number of methoxy groups -OCH3 is 1. The van der Waals surface area contributed by atoms with Gasteiger partial charge in [0.25, 0.3) is 0 Å². The largest absolute Gasteiger partial charge is 0.383 e. The summed E-state index contributed by atoms with van der Waals surface area (Å²) in [5.41, 5.74) is 1.22. The summed E-state index contributed by atoms with van der Waals surface area (Å²) < 4.78 is 4.99. The number of nitrogens with one attached hydrogen (secondary N) is 1. The summed E-state index contributed by atoms with van der Waals surface area (Å²) in [6.45, 7) is 6.92. The smallest absolute Gasteiger partial charge is 0.0587 e. The molecule has 4 heteroatoms. The second kappa shape index (κ2) is 9.65. The number of hydrogen-bond donors (Lipinski definition) is 1. The van der Waals surface area contributed by atoms with E-state index < -0.39 is 0 Å². The first-order chi connectivity index (χ1) is 9.13. The van der Waals surface area contributed by atoms with Crippen LogP contribution in [0.5, 0.6) is 0 Å². The number of rotatable bonds is 9. The monoisotopic (exact) mass is 301 g/mol. The number of halogens is 1. The maximum absolute atomic E-state index is 6.31. The standard InChI is InChI=1S/C15H24ClNOS/c1-12(2)6-9-19-15-5-4-13(10-14(15)16)11-17-7-8-18-3/h4-5,10,12,17H,6-9,11H2,1-3H3. The molecule has 19 heavy (non-hydrogen) atoms. The van der Waals surface area contributed by atoms with Crippen molar-refractivity contribution in [3.05, 3.63) is 28.8 Å². The third kappa shape index (κ3) is 7.21. The van der Waals surface area contributed by atoms with E-state index in [0.717, 1.165) is 36.4 Å². The highest BCUT2D eigenvalue weighted by atomic mass is 35.5. The fraction of sp³-hybridized carbons (Fsp3) is 0.600. The highest BCUT2D eigenvalue weighted by Crippen LogP contribution is 2.29. The normalized spacial score (nSPS) is 11.2. The number of hydrogen-bond acceptors (Lipinski definition) is 3. The van der Waals surface area contributed by atoms with Crippen LogP contribution < -0.4 is 5.32 Å². The summed E-state index contributed by atoms with van der Waals surface area (Å²) >= 11 is 8.16. The summed E-state index contributed by atoms with van der Waals surface area (Å²) in [5.74, 6) is 1.87. The minimum Gasteiger partial charge on any atom is -0.383 e. The van der Waals surface area contributed by atoms with Crippen molar-refractivity contribution < 1.29 is 4.74 Å². The summed E-state index contributed by atoms with van der Waals surface area (Å²) in [6.07, 6.45) is 1.22. The molecule has 108 valence electrons. The van der Waals surface area contributed by atoms with Crippen molar-refractivity contribution in [3.8, 4) is 0 Å². The summed E-state index contributed by atoms with van der Waals surface area (Å²) in [6, 6.07) is 6.32. The molecule has 0 bridgehead atoms. The van der Waals surface area contributed by atoms with E-state index in [-0.39, 0.29) is 0 Å². The molecule has 0 aliphatic heterocycles. The Balaban J connectivity index is 2.40. The highest BCUT2D eigenvalue weighted by molar-refractivity contribution is 7.99. The molecule has 0 spiro atoms. The Kier molecular flexibility index (Phi) is 8.55. The molecule has 0 saturated heterocycles. The van der Waals surface area contributed by atoms with Gasteiger partial charge in [-0.15, -0.1) is 11.8 Å². The number of ether oxygens (including phenoxy) is 1.